The van der Waals surface area contributed by atoms with Crippen LogP contribution in [0, 0.1) is 23.7 Å². The van der Waals surface area contributed by atoms with Gasteiger partial charge in [-0.2, -0.15) is 0 Å². The number of methoxy groups -OCH3 is 1. The van der Waals surface area contributed by atoms with Gasteiger partial charge in [0.15, 0.2) is 8.32 Å². The molecule has 0 aromatic rings. The molecule has 0 radical (unpaired) electrons. The van der Waals surface area contributed by atoms with Gasteiger partial charge in [0.25, 0.3) is 0 Å². The first-order valence-electron chi connectivity index (χ1n) is 13.7. The number of ketones is 1. The van der Waals surface area contributed by atoms with E-state index in [0.717, 1.165) is 6.42 Å². The van der Waals surface area contributed by atoms with Gasteiger partial charge >= 0.3 is 0 Å². The highest BCUT2D eigenvalue weighted by Gasteiger charge is 2.42. The van der Waals surface area contributed by atoms with E-state index < -0.39 is 8.32 Å². The zero-order valence-corrected chi connectivity index (χ0v) is 25.4. The van der Waals surface area contributed by atoms with Gasteiger partial charge in [-0.05, 0) is 55.1 Å². The number of allylic oxidation sites excluding steroid dienone is 1. The molecule has 1 aliphatic heterocycles. The van der Waals surface area contributed by atoms with Crippen LogP contribution >= 0.6 is 0 Å². The maximum absolute atomic E-state index is 13.1. The Hall–Kier alpha value is -0.493. The van der Waals surface area contributed by atoms with E-state index in [9.17, 15) is 4.79 Å². The Morgan fingerprint density at radius 3 is 2.24 bits per heavy atom. The fourth-order valence-corrected chi connectivity index (χ4v) is 6.19. The van der Waals surface area contributed by atoms with Crippen molar-refractivity contribution in [3.05, 3.63) is 12.2 Å². The zero-order valence-electron chi connectivity index (χ0n) is 24.4. The van der Waals surface area contributed by atoms with E-state index in [2.05, 4.69) is 80.6 Å². The maximum Gasteiger partial charge on any atom is 0.192 e. The van der Waals surface area contributed by atoms with E-state index in [1.807, 2.05) is 6.92 Å². The monoisotopic (exact) mass is 496 g/mol. The summed E-state index contributed by atoms with van der Waals surface area (Å²) in [6.45, 7) is 24.5. The van der Waals surface area contributed by atoms with Crippen molar-refractivity contribution >= 4 is 14.1 Å². The number of carbonyl (C=O) groups excluding carboxylic acids is 1. The fourth-order valence-electron chi connectivity index (χ4n) is 4.84. The Balaban J connectivity index is 2.75. The van der Waals surface area contributed by atoms with Crippen molar-refractivity contribution in [1.29, 1.82) is 0 Å². The molecular weight excluding hydrogens is 440 g/mol. The largest absolute Gasteiger partial charge is 0.410 e. The number of carbonyl (C=O) groups is 1. The number of hydrogen-bond donors (Lipinski definition) is 0. The predicted molar refractivity (Wildman–Crippen MR) is 147 cm³/mol. The standard InChI is InChI=1S/C29H56O4Si/c1-13-15-25(33-34(11,12)29(7,8)9)22(5)17-24(30)18-23(6)28-27(31-10)19-26(32-28)21(4)16-20(3)14-2/h13,15,20-23,25-28H,14,16-19H2,1-12H3. The van der Waals surface area contributed by atoms with Crippen LogP contribution in [0.3, 0.4) is 0 Å². The molecule has 0 N–H and O–H groups in total. The summed E-state index contributed by atoms with van der Waals surface area (Å²) in [6, 6.07) is 0. The molecule has 0 saturated carbocycles. The van der Waals surface area contributed by atoms with Gasteiger partial charge in [-0.15, -0.1) is 0 Å². The van der Waals surface area contributed by atoms with Gasteiger partial charge in [-0.1, -0.05) is 74.0 Å². The first-order valence-corrected chi connectivity index (χ1v) is 16.6. The number of hydrogen-bond acceptors (Lipinski definition) is 4. The Morgan fingerprint density at radius 1 is 1.12 bits per heavy atom. The molecule has 1 aliphatic rings. The van der Waals surface area contributed by atoms with Crippen LogP contribution in [0.1, 0.15) is 94.4 Å². The summed E-state index contributed by atoms with van der Waals surface area (Å²) < 4.78 is 19.0. The topological polar surface area (TPSA) is 44.8 Å². The van der Waals surface area contributed by atoms with E-state index in [1.54, 1.807) is 7.11 Å². The molecule has 4 nitrogen and oxygen atoms in total. The van der Waals surface area contributed by atoms with Crippen molar-refractivity contribution in [2.24, 2.45) is 23.7 Å². The normalized spacial score (nSPS) is 26.4. The molecule has 8 atom stereocenters. The number of Topliss-reactive ketones (excluding diaryl/α,β-unsaturated/α-hetero) is 1. The molecule has 8 unspecified atom stereocenters. The van der Waals surface area contributed by atoms with Gasteiger partial charge in [0.2, 0.25) is 0 Å². The lowest BCUT2D eigenvalue weighted by atomic mass is 9.88. The molecule has 34 heavy (non-hydrogen) atoms. The van der Waals surface area contributed by atoms with E-state index in [4.69, 9.17) is 13.9 Å². The molecule has 0 amide bonds. The fraction of sp³-hybridized carbons (Fsp3) is 0.897. The lowest BCUT2D eigenvalue weighted by Crippen LogP contribution is -2.45. The summed E-state index contributed by atoms with van der Waals surface area (Å²) >= 11 is 0. The third-order valence-corrected chi connectivity index (χ3v) is 12.9. The third-order valence-electron chi connectivity index (χ3n) is 8.41. The van der Waals surface area contributed by atoms with E-state index in [0.29, 0.717) is 30.5 Å². The first-order chi connectivity index (χ1) is 15.7. The Labute approximate surface area is 212 Å². The van der Waals surface area contributed by atoms with E-state index >= 15 is 0 Å². The molecule has 0 spiro atoms. The Morgan fingerprint density at radius 2 is 1.74 bits per heavy atom. The Bertz CT molecular complexity index is 639. The molecule has 1 fully saturated rings. The average Bonchev–Trinajstić information content (AvgIpc) is 3.17. The molecule has 200 valence electrons. The first kappa shape index (κ1) is 31.5. The minimum absolute atomic E-state index is 0.0107. The van der Waals surface area contributed by atoms with Crippen molar-refractivity contribution in [2.75, 3.05) is 7.11 Å². The lowest BCUT2D eigenvalue weighted by Gasteiger charge is -2.40. The van der Waals surface area contributed by atoms with Crippen molar-refractivity contribution in [2.45, 2.75) is 137 Å². The number of ether oxygens (including phenoxy) is 2. The van der Waals surface area contributed by atoms with Crippen LogP contribution in [-0.2, 0) is 18.7 Å². The highest BCUT2D eigenvalue weighted by molar-refractivity contribution is 6.74. The second-order valence-electron chi connectivity index (χ2n) is 12.6. The van der Waals surface area contributed by atoms with Crippen LogP contribution in [-0.4, -0.2) is 45.6 Å². The van der Waals surface area contributed by atoms with Crippen molar-refractivity contribution in [3.8, 4) is 0 Å². The van der Waals surface area contributed by atoms with Gasteiger partial charge in [-0.3, -0.25) is 4.79 Å². The summed E-state index contributed by atoms with van der Waals surface area (Å²) in [5.74, 6) is 1.80. The van der Waals surface area contributed by atoms with Gasteiger partial charge in [0.05, 0.1) is 24.4 Å². The van der Waals surface area contributed by atoms with Crippen LogP contribution in [0.2, 0.25) is 18.1 Å². The lowest BCUT2D eigenvalue weighted by molar-refractivity contribution is -0.123. The summed E-state index contributed by atoms with van der Waals surface area (Å²) in [5, 5.41) is 0.142. The Kier molecular flexibility index (Phi) is 12.7. The zero-order chi connectivity index (χ0) is 26.3. The molecule has 0 aromatic carbocycles. The molecule has 0 bridgehead atoms. The predicted octanol–water partition coefficient (Wildman–Crippen LogP) is 7.82. The quantitative estimate of drug-likeness (QED) is 0.182. The van der Waals surface area contributed by atoms with Crippen molar-refractivity contribution < 1.29 is 18.7 Å². The van der Waals surface area contributed by atoms with Gasteiger partial charge in [0.1, 0.15) is 5.78 Å². The summed E-state index contributed by atoms with van der Waals surface area (Å²) in [4.78, 5) is 13.1. The van der Waals surface area contributed by atoms with E-state index in [1.165, 1.54) is 12.8 Å². The molecule has 1 heterocycles. The van der Waals surface area contributed by atoms with Crippen LogP contribution in [0.15, 0.2) is 12.2 Å². The highest BCUT2D eigenvalue weighted by Crippen LogP contribution is 2.39. The van der Waals surface area contributed by atoms with E-state index in [-0.39, 0.29) is 41.3 Å². The summed E-state index contributed by atoms with van der Waals surface area (Å²) in [7, 11) is -0.142. The highest BCUT2D eigenvalue weighted by atomic mass is 28.4. The third kappa shape index (κ3) is 9.18. The van der Waals surface area contributed by atoms with Gasteiger partial charge in [-0.25, -0.2) is 0 Å². The average molecular weight is 497 g/mol. The second-order valence-corrected chi connectivity index (χ2v) is 17.4. The molecule has 1 rings (SSSR count). The minimum Gasteiger partial charge on any atom is -0.410 e. The minimum atomic E-state index is -1.92. The molecule has 0 aliphatic carbocycles. The van der Waals surface area contributed by atoms with Gasteiger partial charge in [0, 0.05) is 26.4 Å². The number of rotatable bonds is 14. The summed E-state index contributed by atoms with van der Waals surface area (Å²) in [6.07, 6.45) is 8.81. The van der Waals surface area contributed by atoms with Crippen molar-refractivity contribution in [1.82, 2.24) is 0 Å². The van der Waals surface area contributed by atoms with Crippen LogP contribution in [0.4, 0.5) is 0 Å². The molecule has 5 heteroatoms. The second kappa shape index (κ2) is 13.7. The smallest absolute Gasteiger partial charge is 0.192 e. The maximum atomic E-state index is 13.1. The van der Waals surface area contributed by atoms with Crippen LogP contribution < -0.4 is 0 Å². The summed E-state index contributed by atoms with van der Waals surface area (Å²) in [5.41, 5.74) is 0. The van der Waals surface area contributed by atoms with Crippen LogP contribution in [0.25, 0.3) is 0 Å². The van der Waals surface area contributed by atoms with Gasteiger partial charge < -0.3 is 13.9 Å². The van der Waals surface area contributed by atoms with Crippen LogP contribution in [0.5, 0.6) is 0 Å². The SMILES string of the molecule is CC=CC(O[Si](C)(C)C(C)(C)C)C(C)CC(=O)CC(C)C1OC(C(C)CC(C)CC)CC1OC. The van der Waals surface area contributed by atoms with Crippen molar-refractivity contribution in [3.63, 3.8) is 0 Å². The molecular formula is C29H56O4Si. The molecule has 1 saturated heterocycles. The molecule has 0 aromatic heterocycles.